The van der Waals surface area contributed by atoms with Gasteiger partial charge in [0.25, 0.3) is 0 Å². The first-order valence-electron chi connectivity index (χ1n) is 9.81. The fraction of sp³-hybridized carbons (Fsp3) is 0.435. The molecular formula is C23H29ClN2O. The van der Waals surface area contributed by atoms with E-state index in [0.717, 1.165) is 31.0 Å². The Labute approximate surface area is 168 Å². The van der Waals surface area contributed by atoms with Crippen molar-refractivity contribution < 1.29 is 4.79 Å². The number of benzene rings is 2. The van der Waals surface area contributed by atoms with Crippen LogP contribution in [0.25, 0.3) is 11.1 Å². The van der Waals surface area contributed by atoms with Crippen molar-refractivity contribution in [1.82, 2.24) is 9.80 Å². The molecule has 2 aromatic carbocycles. The average Bonchev–Trinajstić information content (AvgIpc) is 3.37. The summed E-state index contributed by atoms with van der Waals surface area (Å²) in [6.07, 6.45) is 4.40. The van der Waals surface area contributed by atoms with Crippen molar-refractivity contribution in [3.8, 4) is 11.1 Å². The van der Waals surface area contributed by atoms with Crippen LogP contribution in [0.5, 0.6) is 0 Å². The fourth-order valence-electron chi connectivity index (χ4n) is 3.91. The van der Waals surface area contributed by atoms with E-state index in [1.165, 1.54) is 30.5 Å². The van der Waals surface area contributed by atoms with E-state index in [2.05, 4.69) is 53.4 Å². The van der Waals surface area contributed by atoms with E-state index in [1.54, 1.807) is 0 Å². The van der Waals surface area contributed by atoms with Crippen molar-refractivity contribution in [2.75, 3.05) is 26.7 Å². The Bertz CT molecular complexity index is 743. The number of rotatable bonds is 6. The largest absolute Gasteiger partial charge is 0.341 e. The van der Waals surface area contributed by atoms with Crippen molar-refractivity contribution >= 4 is 18.3 Å². The summed E-state index contributed by atoms with van der Waals surface area (Å²) in [7, 11) is 1.98. The van der Waals surface area contributed by atoms with Crippen molar-refractivity contribution in [1.29, 1.82) is 0 Å². The van der Waals surface area contributed by atoms with Crippen molar-refractivity contribution in [2.45, 2.75) is 31.7 Å². The number of carbonyl (C=O) groups is 1. The second-order valence-corrected chi connectivity index (χ2v) is 7.89. The number of likely N-dealkylation sites (tertiary alicyclic amines) is 1. The molecule has 0 bridgehead atoms. The van der Waals surface area contributed by atoms with Crippen LogP contribution in [0.3, 0.4) is 0 Å². The summed E-state index contributed by atoms with van der Waals surface area (Å²) < 4.78 is 0. The van der Waals surface area contributed by atoms with Gasteiger partial charge in [-0.05, 0) is 41.9 Å². The Morgan fingerprint density at radius 2 is 1.67 bits per heavy atom. The van der Waals surface area contributed by atoms with Crippen molar-refractivity contribution in [2.24, 2.45) is 5.92 Å². The molecule has 0 N–H and O–H groups in total. The maximum absolute atomic E-state index is 12.7. The highest BCUT2D eigenvalue weighted by atomic mass is 35.5. The maximum Gasteiger partial charge on any atom is 0.227 e. The number of hydrogen-bond acceptors (Lipinski definition) is 2. The molecule has 2 fully saturated rings. The Morgan fingerprint density at radius 1 is 1.00 bits per heavy atom. The summed E-state index contributed by atoms with van der Waals surface area (Å²) in [5, 5.41) is 0. The number of halogens is 1. The van der Waals surface area contributed by atoms with Crippen LogP contribution in [0.4, 0.5) is 0 Å². The summed E-state index contributed by atoms with van der Waals surface area (Å²) in [4.78, 5) is 17.2. The van der Waals surface area contributed by atoms with Crippen LogP contribution in [0.1, 0.15) is 24.8 Å². The third-order valence-corrected chi connectivity index (χ3v) is 5.82. The maximum atomic E-state index is 12.7. The molecule has 0 radical (unpaired) electrons. The number of hydrogen-bond donors (Lipinski definition) is 0. The minimum Gasteiger partial charge on any atom is -0.341 e. The lowest BCUT2D eigenvalue weighted by atomic mass is 10.0. The van der Waals surface area contributed by atoms with Gasteiger partial charge in [-0.2, -0.15) is 0 Å². The van der Waals surface area contributed by atoms with Gasteiger partial charge < -0.3 is 9.80 Å². The molecule has 1 saturated heterocycles. The molecular weight excluding hydrogens is 356 g/mol. The van der Waals surface area contributed by atoms with Gasteiger partial charge in [0.15, 0.2) is 0 Å². The van der Waals surface area contributed by atoms with Gasteiger partial charge in [-0.3, -0.25) is 4.79 Å². The third kappa shape index (κ3) is 5.12. The lowest BCUT2D eigenvalue weighted by Crippen LogP contribution is -2.40. The molecule has 2 aliphatic rings. The topological polar surface area (TPSA) is 23.6 Å². The van der Waals surface area contributed by atoms with Gasteiger partial charge in [0.05, 0.1) is 6.42 Å². The molecule has 1 amide bonds. The van der Waals surface area contributed by atoms with E-state index < -0.39 is 0 Å². The number of carbonyl (C=O) groups excluding carboxylic acids is 1. The smallest absolute Gasteiger partial charge is 0.227 e. The molecule has 4 rings (SSSR count). The van der Waals surface area contributed by atoms with Gasteiger partial charge in [0.1, 0.15) is 0 Å². The molecule has 0 aromatic heterocycles. The third-order valence-electron chi connectivity index (χ3n) is 5.82. The van der Waals surface area contributed by atoms with E-state index in [-0.39, 0.29) is 18.3 Å². The zero-order valence-electron chi connectivity index (χ0n) is 16.0. The minimum absolute atomic E-state index is 0. The molecule has 3 nitrogen and oxygen atoms in total. The standard InChI is InChI=1S/C23H28N2O.ClH/c1-24(22-13-14-25(17-22)16-19-7-8-19)23(26)15-18-9-11-21(12-10-18)20-5-3-2-4-6-20;/h2-6,9-12,19,22H,7-8,13-17H2,1H3;1H. The Morgan fingerprint density at radius 3 is 2.33 bits per heavy atom. The van der Waals surface area contributed by atoms with Gasteiger partial charge in [-0.25, -0.2) is 0 Å². The summed E-state index contributed by atoms with van der Waals surface area (Å²) in [6.45, 7) is 3.43. The molecule has 2 aromatic rings. The monoisotopic (exact) mass is 384 g/mol. The van der Waals surface area contributed by atoms with Gasteiger partial charge in [0, 0.05) is 32.7 Å². The van der Waals surface area contributed by atoms with E-state index in [9.17, 15) is 4.79 Å². The number of nitrogens with zero attached hydrogens (tertiary/aromatic N) is 2. The predicted octanol–water partition coefficient (Wildman–Crippen LogP) is 4.26. The van der Waals surface area contributed by atoms with Crippen LogP contribution in [0, 0.1) is 5.92 Å². The van der Waals surface area contributed by atoms with Gasteiger partial charge in [-0.1, -0.05) is 54.6 Å². The quantitative estimate of drug-likeness (QED) is 0.742. The van der Waals surface area contributed by atoms with Crippen molar-refractivity contribution in [3.63, 3.8) is 0 Å². The molecule has 1 aliphatic heterocycles. The van der Waals surface area contributed by atoms with E-state index >= 15 is 0 Å². The second-order valence-electron chi connectivity index (χ2n) is 7.89. The fourth-order valence-corrected chi connectivity index (χ4v) is 3.91. The molecule has 1 aliphatic carbocycles. The lowest BCUT2D eigenvalue weighted by Gasteiger charge is -2.25. The van der Waals surface area contributed by atoms with E-state index in [4.69, 9.17) is 0 Å². The molecule has 4 heteroatoms. The number of likely N-dealkylation sites (N-methyl/N-ethyl adjacent to an activating group) is 1. The van der Waals surface area contributed by atoms with Crippen LogP contribution >= 0.6 is 12.4 Å². The summed E-state index contributed by atoms with van der Waals surface area (Å²) in [6, 6.07) is 19.1. The molecule has 144 valence electrons. The van der Waals surface area contributed by atoms with Gasteiger partial charge in [-0.15, -0.1) is 12.4 Å². The zero-order chi connectivity index (χ0) is 17.9. The average molecular weight is 385 g/mol. The molecule has 1 saturated carbocycles. The molecule has 0 spiro atoms. The Hall–Kier alpha value is -1.84. The van der Waals surface area contributed by atoms with Crippen LogP contribution in [-0.4, -0.2) is 48.4 Å². The predicted molar refractivity (Wildman–Crippen MR) is 113 cm³/mol. The van der Waals surface area contributed by atoms with Gasteiger partial charge >= 0.3 is 0 Å². The highest BCUT2D eigenvalue weighted by Crippen LogP contribution is 2.31. The number of amides is 1. The normalized spacial score (nSPS) is 19.5. The Balaban J connectivity index is 0.00000210. The molecule has 27 heavy (non-hydrogen) atoms. The van der Waals surface area contributed by atoms with Gasteiger partial charge in [0.2, 0.25) is 5.91 Å². The lowest BCUT2D eigenvalue weighted by molar-refractivity contribution is -0.131. The second kappa shape index (κ2) is 8.90. The minimum atomic E-state index is 0. The van der Waals surface area contributed by atoms with Crippen molar-refractivity contribution in [3.05, 3.63) is 60.2 Å². The molecule has 1 heterocycles. The highest BCUT2D eigenvalue weighted by molar-refractivity contribution is 5.85. The van der Waals surface area contributed by atoms with E-state index in [1.807, 2.05) is 18.0 Å². The first-order valence-corrected chi connectivity index (χ1v) is 9.81. The highest BCUT2D eigenvalue weighted by Gasteiger charge is 2.32. The summed E-state index contributed by atoms with van der Waals surface area (Å²) >= 11 is 0. The Kier molecular flexibility index (Phi) is 6.56. The SMILES string of the molecule is CN(C(=O)Cc1ccc(-c2ccccc2)cc1)C1CCN(CC2CC2)C1.Cl. The molecule has 1 atom stereocenters. The molecule has 1 unspecified atom stereocenters. The van der Waals surface area contributed by atoms with Crippen LogP contribution in [-0.2, 0) is 11.2 Å². The summed E-state index contributed by atoms with van der Waals surface area (Å²) in [5.41, 5.74) is 3.50. The van der Waals surface area contributed by atoms with Crippen LogP contribution in [0.15, 0.2) is 54.6 Å². The first-order chi connectivity index (χ1) is 12.7. The van der Waals surface area contributed by atoms with Crippen LogP contribution in [0.2, 0.25) is 0 Å². The van der Waals surface area contributed by atoms with Crippen LogP contribution < -0.4 is 0 Å². The first kappa shape index (κ1) is 19.9. The van der Waals surface area contributed by atoms with E-state index in [0.29, 0.717) is 12.5 Å². The summed E-state index contributed by atoms with van der Waals surface area (Å²) in [5.74, 6) is 1.16. The zero-order valence-corrected chi connectivity index (χ0v) is 16.8.